The van der Waals surface area contributed by atoms with Crippen molar-refractivity contribution in [2.45, 2.75) is 25.3 Å². The maximum atomic E-state index is 13.2. The molecule has 25 heavy (non-hydrogen) atoms. The second-order valence-electron chi connectivity index (χ2n) is 6.71. The standard InChI is InChI=1S/C22H23NO2/c24-22(19-11-14-25-15-12-19)23-13-10-18-8-4-5-9-20(18)21(23)16-17-6-2-1-3-7-17/h1-9,11,21H,10,12-16H2. The van der Waals surface area contributed by atoms with E-state index in [0.29, 0.717) is 13.2 Å². The van der Waals surface area contributed by atoms with Crippen molar-refractivity contribution >= 4 is 5.91 Å². The van der Waals surface area contributed by atoms with Crippen molar-refractivity contribution in [3.63, 3.8) is 0 Å². The summed E-state index contributed by atoms with van der Waals surface area (Å²) < 4.78 is 5.37. The molecular formula is C22H23NO2. The van der Waals surface area contributed by atoms with Gasteiger partial charge in [0.15, 0.2) is 0 Å². The highest BCUT2D eigenvalue weighted by molar-refractivity contribution is 5.94. The van der Waals surface area contributed by atoms with Crippen LogP contribution in [0.4, 0.5) is 0 Å². The van der Waals surface area contributed by atoms with Crippen LogP contribution >= 0.6 is 0 Å². The molecule has 4 rings (SSSR count). The Bertz CT molecular complexity index is 782. The van der Waals surface area contributed by atoms with Crippen LogP contribution in [0, 0.1) is 0 Å². The van der Waals surface area contributed by atoms with E-state index in [4.69, 9.17) is 4.74 Å². The summed E-state index contributed by atoms with van der Waals surface area (Å²) in [6.45, 7) is 1.98. The minimum atomic E-state index is 0.101. The Balaban J connectivity index is 1.67. The van der Waals surface area contributed by atoms with Crippen LogP contribution in [0.2, 0.25) is 0 Å². The molecule has 0 spiro atoms. The van der Waals surface area contributed by atoms with Crippen molar-refractivity contribution in [3.8, 4) is 0 Å². The number of benzene rings is 2. The molecule has 2 aromatic rings. The van der Waals surface area contributed by atoms with Gasteiger partial charge in [-0.2, -0.15) is 0 Å². The largest absolute Gasteiger partial charge is 0.377 e. The lowest BCUT2D eigenvalue weighted by atomic mass is 9.88. The topological polar surface area (TPSA) is 29.5 Å². The fourth-order valence-electron chi connectivity index (χ4n) is 3.86. The fraction of sp³-hybridized carbons (Fsp3) is 0.318. The van der Waals surface area contributed by atoms with Gasteiger partial charge in [-0.3, -0.25) is 4.79 Å². The van der Waals surface area contributed by atoms with Crippen LogP contribution in [-0.2, 0) is 22.4 Å². The molecule has 0 saturated heterocycles. The van der Waals surface area contributed by atoms with Gasteiger partial charge < -0.3 is 9.64 Å². The minimum Gasteiger partial charge on any atom is -0.377 e. The molecule has 1 unspecified atom stereocenters. The summed E-state index contributed by atoms with van der Waals surface area (Å²) in [6.07, 6.45) is 4.45. The predicted octanol–water partition coefficient (Wildman–Crippen LogP) is 3.70. The molecule has 0 saturated carbocycles. The van der Waals surface area contributed by atoms with E-state index in [1.807, 2.05) is 12.1 Å². The van der Waals surface area contributed by atoms with E-state index in [1.54, 1.807) is 0 Å². The van der Waals surface area contributed by atoms with E-state index < -0.39 is 0 Å². The number of nitrogens with zero attached hydrogens (tertiary/aromatic N) is 1. The smallest absolute Gasteiger partial charge is 0.250 e. The number of carbonyl (C=O) groups is 1. The first-order valence-corrected chi connectivity index (χ1v) is 9.02. The summed E-state index contributed by atoms with van der Waals surface area (Å²) in [4.78, 5) is 15.2. The molecule has 0 aliphatic carbocycles. The van der Waals surface area contributed by atoms with E-state index in [0.717, 1.165) is 31.4 Å². The number of hydrogen-bond donors (Lipinski definition) is 0. The lowest BCUT2D eigenvalue weighted by Crippen LogP contribution is -2.42. The molecule has 0 bridgehead atoms. The Morgan fingerprint density at radius 1 is 1.04 bits per heavy atom. The van der Waals surface area contributed by atoms with E-state index >= 15 is 0 Å². The monoisotopic (exact) mass is 333 g/mol. The molecule has 1 amide bonds. The van der Waals surface area contributed by atoms with Crippen LogP contribution in [-0.4, -0.2) is 30.6 Å². The number of amides is 1. The molecule has 2 aromatic carbocycles. The average molecular weight is 333 g/mol. The molecule has 2 heterocycles. The third kappa shape index (κ3) is 3.38. The summed E-state index contributed by atoms with van der Waals surface area (Å²) >= 11 is 0. The number of ether oxygens (including phenoxy) is 1. The van der Waals surface area contributed by atoms with Gasteiger partial charge in [-0.15, -0.1) is 0 Å². The lowest BCUT2D eigenvalue weighted by Gasteiger charge is -2.38. The van der Waals surface area contributed by atoms with Gasteiger partial charge in [-0.05, 0) is 29.5 Å². The zero-order valence-corrected chi connectivity index (χ0v) is 14.4. The zero-order valence-electron chi connectivity index (χ0n) is 14.4. The van der Waals surface area contributed by atoms with Gasteiger partial charge in [0.2, 0.25) is 5.91 Å². The highest BCUT2D eigenvalue weighted by atomic mass is 16.5. The molecular weight excluding hydrogens is 310 g/mol. The second-order valence-corrected chi connectivity index (χ2v) is 6.71. The molecule has 2 aliphatic rings. The van der Waals surface area contributed by atoms with Crippen LogP contribution < -0.4 is 0 Å². The molecule has 3 nitrogen and oxygen atoms in total. The van der Waals surface area contributed by atoms with Gasteiger partial charge in [0.25, 0.3) is 0 Å². The SMILES string of the molecule is O=C(C1=CCOCC1)N1CCc2ccccc2C1Cc1ccccc1. The maximum Gasteiger partial charge on any atom is 0.250 e. The first-order chi connectivity index (χ1) is 12.3. The van der Waals surface area contributed by atoms with Crippen molar-refractivity contribution in [3.05, 3.63) is 82.9 Å². The number of rotatable bonds is 3. The van der Waals surface area contributed by atoms with E-state index in [9.17, 15) is 4.79 Å². The Morgan fingerprint density at radius 3 is 2.64 bits per heavy atom. The normalized spacial score (nSPS) is 19.9. The highest BCUT2D eigenvalue weighted by Gasteiger charge is 2.32. The van der Waals surface area contributed by atoms with E-state index in [-0.39, 0.29) is 11.9 Å². The van der Waals surface area contributed by atoms with Crippen molar-refractivity contribution in [2.24, 2.45) is 0 Å². The fourth-order valence-corrected chi connectivity index (χ4v) is 3.86. The van der Waals surface area contributed by atoms with Crippen molar-refractivity contribution in [1.82, 2.24) is 4.90 Å². The first kappa shape index (κ1) is 16.1. The van der Waals surface area contributed by atoms with Gasteiger partial charge in [-0.25, -0.2) is 0 Å². The summed E-state index contributed by atoms with van der Waals surface area (Å²) in [6, 6.07) is 19.1. The Labute approximate surface area is 148 Å². The van der Waals surface area contributed by atoms with E-state index in [2.05, 4.69) is 53.4 Å². The Hall–Kier alpha value is -2.39. The summed E-state index contributed by atoms with van der Waals surface area (Å²) in [5.41, 5.74) is 4.83. The molecule has 128 valence electrons. The Morgan fingerprint density at radius 2 is 1.84 bits per heavy atom. The summed E-state index contributed by atoms with van der Waals surface area (Å²) in [5, 5.41) is 0. The molecule has 0 fully saturated rings. The van der Waals surface area contributed by atoms with Gasteiger partial charge in [0, 0.05) is 18.5 Å². The molecule has 3 heteroatoms. The van der Waals surface area contributed by atoms with Crippen LogP contribution in [0.5, 0.6) is 0 Å². The van der Waals surface area contributed by atoms with Crippen LogP contribution in [0.1, 0.15) is 29.2 Å². The van der Waals surface area contributed by atoms with Crippen molar-refractivity contribution < 1.29 is 9.53 Å². The number of fused-ring (bicyclic) bond motifs is 1. The number of carbonyl (C=O) groups excluding carboxylic acids is 1. The zero-order chi connectivity index (χ0) is 17.1. The van der Waals surface area contributed by atoms with Crippen LogP contribution in [0.15, 0.2) is 66.2 Å². The summed E-state index contributed by atoms with van der Waals surface area (Å²) in [5.74, 6) is 0.179. The quantitative estimate of drug-likeness (QED) is 0.857. The Kier molecular flexibility index (Phi) is 4.66. The van der Waals surface area contributed by atoms with Gasteiger partial charge in [0.1, 0.15) is 0 Å². The van der Waals surface area contributed by atoms with Crippen molar-refractivity contribution in [1.29, 1.82) is 0 Å². The van der Waals surface area contributed by atoms with Crippen LogP contribution in [0.25, 0.3) is 0 Å². The van der Waals surface area contributed by atoms with Gasteiger partial charge >= 0.3 is 0 Å². The summed E-state index contributed by atoms with van der Waals surface area (Å²) in [7, 11) is 0. The number of hydrogen-bond acceptors (Lipinski definition) is 2. The second kappa shape index (κ2) is 7.24. The minimum absolute atomic E-state index is 0.101. The first-order valence-electron chi connectivity index (χ1n) is 9.02. The molecule has 0 aromatic heterocycles. The highest BCUT2D eigenvalue weighted by Crippen LogP contribution is 2.34. The maximum absolute atomic E-state index is 13.2. The molecule has 2 aliphatic heterocycles. The van der Waals surface area contributed by atoms with Crippen molar-refractivity contribution in [2.75, 3.05) is 19.8 Å². The van der Waals surface area contributed by atoms with E-state index in [1.165, 1.54) is 16.7 Å². The molecule has 0 N–H and O–H groups in total. The van der Waals surface area contributed by atoms with Gasteiger partial charge in [0.05, 0.1) is 19.3 Å². The molecule has 1 atom stereocenters. The third-order valence-electron chi connectivity index (χ3n) is 5.18. The average Bonchev–Trinajstić information content (AvgIpc) is 2.69. The molecule has 0 radical (unpaired) electrons. The lowest BCUT2D eigenvalue weighted by molar-refractivity contribution is -0.130. The van der Waals surface area contributed by atoms with Crippen LogP contribution in [0.3, 0.4) is 0 Å². The predicted molar refractivity (Wildman–Crippen MR) is 98.3 cm³/mol. The van der Waals surface area contributed by atoms with Gasteiger partial charge in [-0.1, -0.05) is 60.7 Å². The third-order valence-corrected chi connectivity index (χ3v) is 5.18.